The molecule has 0 bridgehead atoms. The summed E-state index contributed by atoms with van der Waals surface area (Å²) in [7, 11) is 0. The van der Waals surface area contributed by atoms with Crippen LogP contribution in [-0.4, -0.2) is 23.9 Å². The third-order valence-electron chi connectivity index (χ3n) is 4.83. The number of carbonyl (C=O) groups is 1. The summed E-state index contributed by atoms with van der Waals surface area (Å²) in [5, 5.41) is 0. The van der Waals surface area contributed by atoms with Crippen LogP contribution in [0, 0.1) is 5.92 Å². The summed E-state index contributed by atoms with van der Waals surface area (Å²) in [5.41, 5.74) is 0. The van der Waals surface area contributed by atoms with Gasteiger partial charge in [0.15, 0.2) is 0 Å². The van der Waals surface area contributed by atoms with Gasteiger partial charge in [-0.2, -0.15) is 0 Å². The molecule has 0 radical (unpaired) electrons. The number of carbonyl (C=O) groups excluding carboxylic acids is 1. The predicted molar refractivity (Wildman–Crippen MR) is 91.4 cm³/mol. The first-order chi connectivity index (χ1) is 10.3. The second kappa shape index (κ2) is 12.1. The van der Waals surface area contributed by atoms with Crippen molar-refractivity contribution in [2.24, 2.45) is 5.92 Å². The van der Waals surface area contributed by atoms with E-state index in [-0.39, 0.29) is 0 Å². The molecule has 1 aliphatic rings. The second-order valence-electron chi connectivity index (χ2n) is 6.78. The van der Waals surface area contributed by atoms with Crippen molar-refractivity contribution >= 4 is 5.91 Å². The van der Waals surface area contributed by atoms with E-state index in [0.29, 0.717) is 11.8 Å². The number of unbranched alkanes of at least 4 members (excludes halogenated alkanes) is 4. The summed E-state index contributed by atoms with van der Waals surface area (Å²) in [4.78, 5) is 15.1. The van der Waals surface area contributed by atoms with E-state index in [1.54, 1.807) is 0 Å². The number of nitrogens with zero attached hydrogens (tertiary/aromatic N) is 1. The molecule has 0 aromatic carbocycles. The Balaban J connectivity index is 2.46. The molecule has 0 saturated carbocycles. The van der Waals surface area contributed by atoms with Crippen molar-refractivity contribution < 1.29 is 4.79 Å². The van der Waals surface area contributed by atoms with Gasteiger partial charge < -0.3 is 4.90 Å². The predicted octanol–water partition coefficient (Wildman–Crippen LogP) is 5.56. The quantitative estimate of drug-likeness (QED) is 0.510. The zero-order chi connectivity index (χ0) is 15.3. The molecule has 0 spiro atoms. The average molecular weight is 296 g/mol. The van der Waals surface area contributed by atoms with Crippen LogP contribution < -0.4 is 0 Å². The third-order valence-corrected chi connectivity index (χ3v) is 4.83. The standard InChI is InChI=1S/C19H37NO/c1-3-5-7-11-15-18(14-6-4-2)19(21)20-16-12-9-8-10-13-17-20/h18H,3-17H2,1-2H3. The Morgan fingerprint density at radius 1 is 0.810 bits per heavy atom. The van der Waals surface area contributed by atoms with Crippen molar-refractivity contribution in [1.29, 1.82) is 0 Å². The Kier molecular flexibility index (Phi) is 10.6. The molecule has 0 aliphatic carbocycles. The molecule has 1 heterocycles. The topological polar surface area (TPSA) is 20.3 Å². The summed E-state index contributed by atoms with van der Waals surface area (Å²) in [6.45, 7) is 6.50. The molecular weight excluding hydrogens is 258 g/mol. The molecule has 1 aliphatic heterocycles. The van der Waals surface area contributed by atoms with E-state index in [0.717, 1.165) is 25.9 Å². The average Bonchev–Trinajstić information content (AvgIpc) is 2.45. The van der Waals surface area contributed by atoms with E-state index in [1.165, 1.54) is 70.6 Å². The molecule has 1 rings (SSSR count). The SMILES string of the molecule is CCCCCCC(CCCC)C(=O)N1CCCCCCC1. The molecule has 1 amide bonds. The second-order valence-corrected chi connectivity index (χ2v) is 6.78. The highest BCUT2D eigenvalue weighted by Crippen LogP contribution is 2.22. The normalized spacial score (nSPS) is 18.1. The van der Waals surface area contributed by atoms with Crippen LogP contribution in [0.15, 0.2) is 0 Å². The minimum atomic E-state index is 0.307. The molecular formula is C19H37NO. The summed E-state index contributed by atoms with van der Waals surface area (Å²) in [5.74, 6) is 0.781. The van der Waals surface area contributed by atoms with E-state index in [2.05, 4.69) is 18.7 Å². The van der Waals surface area contributed by atoms with Crippen LogP contribution in [0.25, 0.3) is 0 Å². The van der Waals surface area contributed by atoms with Gasteiger partial charge in [0, 0.05) is 19.0 Å². The van der Waals surface area contributed by atoms with E-state index in [1.807, 2.05) is 0 Å². The monoisotopic (exact) mass is 295 g/mol. The Hall–Kier alpha value is -0.530. The number of hydrogen-bond acceptors (Lipinski definition) is 1. The minimum absolute atomic E-state index is 0.307. The van der Waals surface area contributed by atoms with Gasteiger partial charge in [-0.3, -0.25) is 4.79 Å². The molecule has 1 fully saturated rings. The Labute approximate surface area is 132 Å². The number of hydrogen-bond donors (Lipinski definition) is 0. The highest BCUT2D eigenvalue weighted by molar-refractivity contribution is 5.78. The highest BCUT2D eigenvalue weighted by Gasteiger charge is 2.23. The molecule has 2 heteroatoms. The Morgan fingerprint density at radius 2 is 1.38 bits per heavy atom. The summed E-state index contributed by atoms with van der Waals surface area (Å²) < 4.78 is 0. The van der Waals surface area contributed by atoms with E-state index < -0.39 is 0 Å². The first-order valence-corrected chi connectivity index (χ1v) is 9.58. The van der Waals surface area contributed by atoms with Crippen LogP contribution in [0.5, 0.6) is 0 Å². The minimum Gasteiger partial charge on any atom is -0.342 e. The highest BCUT2D eigenvalue weighted by atomic mass is 16.2. The fraction of sp³-hybridized carbons (Fsp3) is 0.947. The van der Waals surface area contributed by atoms with E-state index in [9.17, 15) is 4.79 Å². The van der Waals surface area contributed by atoms with Gasteiger partial charge in [0.05, 0.1) is 0 Å². The third kappa shape index (κ3) is 7.87. The first-order valence-electron chi connectivity index (χ1n) is 9.58. The fourth-order valence-electron chi connectivity index (χ4n) is 3.39. The van der Waals surface area contributed by atoms with Crippen molar-refractivity contribution in [1.82, 2.24) is 4.90 Å². The molecule has 2 nitrogen and oxygen atoms in total. The van der Waals surface area contributed by atoms with Gasteiger partial charge in [-0.1, -0.05) is 71.6 Å². The van der Waals surface area contributed by atoms with Gasteiger partial charge in [0.2, 0.25) is 5.91 Å². The fourth-order valence-corrected chi connectivity index (χ4v) is 3.39. The number of amides is 1. The number of likely N-dealkylation sites (tertiary alicyclic amines) is 1. The molecule has 21 heavy (non-hydrogen) atoms. The van der Waals surface area contributed by atoms with Crippen LogP contribution in [-0.2, 0) is 4.79 Å². The van der Waals surface area contributed by atoms with Crippen LogP contribution in [0.4, 0.5) is 0 Å². The largest absolute Gasteiger partial charge is 0.342 e. The van der Waals surface area contributed by atoms with Gasteiger partial charge in [-0.15, -0.1) is 0 Å². The smallest absolute Gasteiger partial charge is 0.225 e. The zero-order valence-electron chi connectivity index (χ0n) is 14.5. The lowest BCUT2D eigenvalue weighted by molar-refractivity contribution is -0.136. The lowest BCUT2D eigenvalue weighted by Crippen LogP contribution is -2.38. The Bertz CT molecular complexity index is 256. The zero-order valence-corrected chi connectivity index (χ0v) is 14.5. The molecule has 124 valence electrons. The molecule has 0 aromatic heterocycles. The molecule has 0 N–H and O–H groups in total. The molecule has 1 saturated heterocycles. The molecule has 1 unspecified atom stereocenters. The van der Waals surface area contributed by atoms with Gasteiger partial charge >= 0.3 is 0 Å². The van der Waals surface area contributed by atoms with Crippen molar-refractivity contribution in [3.63, 3.8) is 0 Å². The van der Waals surface area contributed by atoms with Crippen molar-refractivity contribution in [3.8, 4) is 0 Å². The summed E-state index contributed by atoms with van der Waals surface area (Å²) in [6.07, 6.45) is 16.2. The maximum absolute atomic E-state index is 12.9. The van der Waals surface area contributed by atoms with E-state index in [4.69, 9.17) is 0 Å². The number of rotatable bonds is 9. The lowest BCUT2D eigenvalue weighted by Gasteiger charge is -2.29. The van der Waals surface area contributed by atoms with Gasteiger partial charge in [-0.05, 0) is 25.7 Å². The Morgan fingerprint density at radius 3 is 2.00 bits per heavy atom. The van der Waals surface area contributed by atoms with Crippen molar-refractivity contribution in [3.05, 3.63) is 0 Å². The van der Waals surface area contributed by atoms with Crippen LogP contribution >= 0.6 is 0 Å². The van der Waals surface area contributed by atoms with Crippen molar-refractivity contribution in [2.45, 2.75) is 97.3 Å². The molecule has 1 atom stereocenters. The van der Waals surface area contributed by atoms with Gasteiger partial charge in [-0.25, -0.2) is 0 Å². The maximum atomic E-state index is 12.9. The molecule has 0 aromatic rings. The summed E-state index contributed by atoms with van der Waals surface area (Å²) >= 11 is 0. The maximum Gasteiger partial charge on any atom is 0.225 e. The van der Waals surface area contributed by atoms with Gasteiger partial charge in [0.1, 0.15) is 0 Å². The van der Waals surface area contributed by atoms with Gasteiger partial charge in [0.25, 0.3) is 0 Å². The van der Waals surface area contributed by atoms with E-state index >= 15 is 0 Å². The van der Waals surface area contributed by atoms with Crippen LogP contribution in [0.1, 0.15) is 97.3 Å². The first kappa shape index (κ1) is 18.5. The van der Waals surface area contributed by atoms with Crippen LogP contribution in [0.2, 0.25) is 0 Å². The van der Waals surface area contributed by atoms with Crippen molar-refractivity contribution in [2.75, 3.05) is 13.1 Å². The lowest BCUT2D eigenvalue weighted by atomic mass is 9.93. The summed E-state index contributed by atoms with van der Waals surface area (Å²) in [6, 6.07) is 0. The van der Waals surface area contributed by atoms with Crippen LogP contribution in [0.3, 0.4) is 0 Å².